The van der Waals surface area contributed by atoms with Crippen molar-refractivity contribution in [2.75, 3.05) is 26.0 Å². The number of guanidine groups is 1. The predicted molar refractivity (Wildman–Crippen MR) is 95.3 cm³/mol. The Labute approximate surface area is 157 Å². The summed E-state index contributed by atoms with van der Waals surface area (Å²) in [6.45, 7) is 6.09. The van der Waals surface area contributed by atoms with Gasteiger partial charge in [0.25, 0.3) is 0 Å². The van der Waals surface area contributed by atoms with Gasteiger partial charge in [-0.2, -0.15) is 0 Å². The minimum atomic E-state index is -3.82. The topological polar surface area (TPSA) is 94.2 Å². The summed E-state index contributed by atoms with van der Waals surface area (Å²) in [4.78, 5) is 4.13. The Kier molecular flexibility index (Phi) is 4.72. The summed E-state index contributed by atoms with van der Waals surface area (Å²) in [7, 11) is -2.57. The van der Waals surface area contributed by atoms with Crippen LogP contribution in [0.15, 0.2) is 17.1 Å². The van der Waals surface area contributed by atoms with E-state index in [1.165, 1.54) is 20.0 Å². The maximum atomic E-state index is 14.6. The third-order valence-corrected chi connectivity index (χ3v) is 6.67. The molecule has 0 amide bonds. The van der Waals surface area contributed by atoms with Crippen LogP contribution in [0.1, 0.15) is 38.2 Å². The van der Waals surface area contributed by atoms with Gasteiger partial charge in [-0.1, -0.05) is 13.8 Å². The zero-order chi connectivity index (χ0) is 20.2. The molecule has 0 aromatic heterocycles. The predicted octanol–water partition coefficient (Wildman–Crippen LogP) is 1.84. The highest BCUT2D eigenvalue weighted by Gasteiger charge is 2.43. The van der Waals surface area contributed by atoms with Gasteiger partial charge in [-0.15, -0.1) is 0 Å². The SMILES string of the molecule is CN1C(N)=N[C@](C)(c2cc(C3OCC(C)(C)CO3)cc(F)c2F)CS1(=O)=O. The lowest BCUT2D eigenvalue weighted by Crippen LogP contribution is -2.50. The molecule has 150 valence electrons. The van der Waals surface area contributed by atoms with E-state index in [1.807, 2.05) is 13.8 Å². The lowest BCUT2D eigenvalue weighted by Gasteiger charge is -2.36. The Balaban J connectivity index is 2.05. The van der Waals surface area contributed by atoms with Gasteiger partial charge in [0.2, 0.25) is 16.0 Å². The maximum absolute atomic E-state index is 14.6. The van der Waals surface area contributed by atoms with Crippen molar-refractivity contribution in [2.24, 2.45) is 16.1 Å². The van der Waals surface area contributed by atoms with Gasteiger partial charge in [0.05, 0.1) is 19.0 Å². The second kappa shape index (κ2) is 6.39. The van der Waals surface area contributed by atoms with Crippen molar-refractivity contribution in [3.8, 4) is 0 Å². The standard InChI is InChI=1S/C17H23F2N3O4S/c1-16(2)7-25-14(26-8-16)10-5-11(13(19)12(18)6-10)17(3)9-27(23,24)22(4)15(20)21-17/h5-6,14H,7-9H2,1-4H3,(H2,20,21)/t17-/m0/s1. The summed E-state index contributed by atoms with van der Waals surface area (Å²) in [6, 6.07) is 2.32. The molecule has 2 aliphatic rings. The van der Waals surface area contributed by atoms with Crippen molar-refractivity contribution in [2.45, 2.75) is 32.6 Å². The third-order valence-electron chi connectivity index (χ3n) is 4.72. The average Bonchev–Trinajstić information content (AvgIpc) is 2.54. The van der Waals surface area contributed by atoms with Gasteiger partial charge in [-0.25, -0.2) is 26.5 Å². The first-order chi connectivity index (χ1) is 12.3. The van der Waals surface area contributed by atoms with Crippen LogP contribution in [0, 0.1) is 17.0 Å². The fraction of sp³-hybridized carbons (Fsp3) is 0.588. The van der Waals surface area contributed by atoms with Crippen LogP contribution in [0.4, 0.5) is 8.78 Å². The van der Waals surface area contributed by atoms with E-state index in [1.54, 1.807) is 0 Å². The van der Waals surface area contributed by atoms with Crippen molar-refractivity contribution in [1.29, 1.82) is 0 Å². The summed E-state index contributed by atoms with van der Waals surface area (Å²) in [5, 5.41) is 0. The van der Waals surface area contributed by atoms with Crippen LogP contribution in [0.3, 0.4) is 0 Å². The van der Waals surface area contributed by atoms with Crippen molar-refractivity contribution >= 4 is 16.0 Å². The van der Waals surface area contributed by atoms with Crippen LogP contribution in [0.2, 0.25) is 0 Å². The molecular formula is C17H23F2N3O4S. The molecule has 1 atom stereocenters. The molecule has 1 saturated heterocycles. The van der Waals surface area contributed by atoms with Gasteiger partial charge >= 0.3 is 0 Å². The molecule has 0 unspecified atom stereocenters. The second-order valence-corrected chi connectivity index (χ2v) is 9.95. The van der Waals surface area contributed by atoms with E-state index < -0.39 is 39.2 Å². The summed E-state index contributed by atoms with van der Waals surface area (Å²) in [6.07, 6.45) is -0.875. The molecule has 0 spiro atoms. The molecule has 0 aliphatic carbocycles. The van der Waals surface area contributed by atoms with Crippen LogP contribution >= 0.6 is 0 Å². The number of nitrogens with zero attached hydrogens (tertiary/aromatic N) is 2. The zero-order valence-corrected chi connectivity index (χ0v) is 16.4. The molecule has 7 nitrogen and oxygen atoms in total. The lowest BCUT2D eigenvalue weighted by atomic mass is 9.91. The molecule has 3 rings (SSSR count). The van der Waals surface area contributed by atoms with Crippen LogP contribution in [0.25, 0.3) is 0 Å². The number of rotatable bonds is 2. The van der Waals surface area contributed by atoms with E-state index in [0.717, 1.165) is 10.4 Å². The Morgan fingerprint density at radius 1 is 1.22 bits per heavy atom. The molecule has 1 fully saturated rings. The number of ether oxygens (including phenoxy) is 2. The molecule has 0 radical (unpaired) electrons. The molecule has 27 heavy (non-hydrogen) atoms. The largest absolute Gasteiger partial charge is 0.369 e. The first-order valence-electron chi connectivity index (χ1n) is 8.39. The quantitative estimate of drug-likeness (QED) is 0.813. The molecule has 1 aromatic carbocycles. The Morgan fingerprint density at radius 2 is 1.81 bits per heavy atom. The van der Waals surface area contributed by atoms with Crippen molar-refractivity contribution in [3.63, 3.8) is 0 Å². The minimum absolute atomic E-state index is 0.190. The van der Waals surface area contributed by atoms with Gasteiger partial charge in [-0.3, -0.25) is 0 Å². The number of hydrogen-bond acceptors (Lipinski definition) is 6. The second-order valence-electron chi connectivity index (χ2n) is 7.95. The van der Waals surface area contributed by atoms with Crippen LogP contribution in [0.5, 0.6) is 0 Å². The van der Waals surface area contributed by atoms with E-state index in [2.05, 4.69) is 4.99 Å². The highest BCUT2D eigenvalue weighted by Crippen LogP contribution is 2.38. The van der Waals surface area contributed by atoms with E-state index in [9.17, 15) is 17.2 Å². The van der Waals surface area contributed by atoms with E-state index in [4.69, 9.17) is 15.2 Å². The van der Waals surface area contributed by atoms with Crippen molar-refractivity contribution in [3.05, 3.63) is 34.9 Å². The van der Waals surface area contributed by atoms with E-state index >= 15 is 0 Å². The molecular weight excluding hydrogens is 380 g/mol. The number of sulfonamides is 1. The maximum Gasteiger partial charge on any atom is 0.239 e. The summed E-state index contributed by atoms with van der Waals surface area (Å²) >= 11 is 0. The van der Waals surface area contributed by atoms with Gasteiger partial charge in [0.1, 0.15) is 5.54 Å². The molecule has 0 saturated carbocycles. The fourth-order valence-corrected chi connectivity index (χ4v) is 4.56. The molecule has 2 heterocycles. The monoisotopic (exact) mass is 403 g/mol. The number of hydrogen-bond donors (Lipinski definition) is 1. The Bertz CT molecular complexity index is 894. The van der Waals surface area contributed by atoms with Gasteiger partial charge in [-0.05, 0) is 19.1 Å². The summed E-state index contributed by atoms with van der Waals surface area (Å²) < 4.78 is 65.7. The van der Waals surface area contributed by atoms with E-state index in [-0.39, 0.29) is 22.5 Å². The highest BCUT2D eigenvalue weighted by atomic mass is 32.2. The number of nitrogens with two attached hydrogens (primary N) is 1. The first kappa shape index (κ1) is 20.0. The van der Waals surface area contributed by atoms with Gasteiger partial charge in [0.15, 0.2) is 17.9 Å². The number of halogens is 2. The zero-order valence-electron chi connectivity index (χ0n) is 15.6. The summed E-state index contributed by atoms with van der Waals surface area (Å²) in [5.74, 6) is -3.14. The summed E-state index contributed by atoms with van der Waals surface area (Å²) in [5.41, 5.74) is 3.97. The lowest BCUT2D eigenvalue weighted by molar-refractivity contribution is -0.226. The first-order valence-corrected chi connectivity index (χ1v) is 10.0. The van der Waals surface area contributed by atoms with Crippen LogP contribution < -0.4 is 5.73 Å². The number of benzene rings is 1. The molecule has 10 heteroatoms. The Hall–Kier alpha value is -1.78. The molecule has 2 aliphatic heterocycles. The molecule has 1 aromatic rings. The van der Waals surface area contributed by atoms with Crippen molar-refractivity contribution < 1.29 is 26.7 Å². The van der Waals surface area contributed by atoms with Crippen LogP contribution in [-0.2, 0) is 25.0 Å². The van der Waals surface area contributed by atoms with E-state index in [0.29, 0.717) is 13.2 Å². The van der Waals surface area contributed by atoms with Crippen molar-refractivity contribution in [1.82, 2.24) is 4.31 Å². The van der Waals surface area contributed by atoms with Crippen LogP contribution in [-0.4, -0.2) is 44.7 Å². The normalized spacial score (nSPS) is 28.1. The average molecular weight is 403 g/mol. The number of aliphatic imine (C=N–C) groups is 1. The molecule has 0 bridgehead atoms. The smallest absolute Gasteiger partial charge is 0.239 e. The van der Waals surface area contributed by atoms with Gasteiger partial charge in [0, 0.05) is 23.6 Å². The molecule has 2 N–H and O–H groups in total. The highest BCUT2D eigenvalue weighted by molar-refractivity contribution is 7.89. The Morgan fingerprint density at radius 3 is 2.37 bits per heavy atom. The third kappa shape index (κ3) is 3.65. The van der Waals surface area contributed by atoms with Gasteiger partial charge < -0.3 is 15.2 Å². The minimum Gasteiger partial charge on any atom is -0.369 e. The fourth-order valence-electron chi connectivity index (χ4n) is 3.11.